The van der Waals surface area contributed by atoms with E-state index < -0.39 is 0 Å². The minimum atomic E-state index is 0.176. The van der Waals surface area contributed by atoms with E-state index >= 15 is 0 Å². The first-order valence-corrected chi connectivity index (χ1v) is 8.19. The average molecular weight is 279 g/mol. The number of rotatable bonds is 6. The molecule has 3 rings (SSSR count). The molecule has 2 aromatic carbocycles. The summed E-state index contributed by atoms with van der Waals surface area (Å²) < 4.78 is 0. The van der Waals surface area contributed by atoms with Gasteiger partial charge in [0.1, 0.15) is 0 Å². The molecule has 0 radical (unpaired) electrons. The third-order valence-corrected chi connectivity index (χ3v) is 4.71. The van der Waals surface area contributed by atoms with Crippen molar-refractivity contribution in [2.75, 3.05) is 0 Å². The van der Waals surface area contributed by atoms with Crippen LogP contribution in [-0.2, 0) is 6.42 Å². The normalized spacial score (nSPS) is 22.0. The Hall–Kier alpha value is -1.60. The van der Waals surface area contributed by atoms with E-state index in [0.717, 1.165) is 0 Å². The van der Waals surface area contributed by atoms with Gasteiger partial charge >= 0.3 is 0 Å². The van der Waals surface area contributed by atoms with Crippen molar-refractivity contribution in [2.45, 2.75) is 44.6 Å². The molecule has 3 atom stereocenters. The summed E-state index contributed by atoms with van der Waals surface area (Å²) in [7, 11) is 0. The highest BCUT2D eigenvalue weighted by atomic mass is 14.7. The van der Waals surface area contributed by atoms with E-state index in [4.69, 9.17) is 5.73 Å². The molecule has 0 aromatic heterocycles. The summed E-state index contributed by atoms with van der Waals surface area (Å²) in [5, 5.41) is 0. The van der Waals surface area contributed by atoms with E-state index in [-0.39, 0.29) is 6.04 Å². The zero-order valence-electron chi connectivity index (χ0n) is 12.8. The minimum Gasteiger partial charge on any atom is -0.324 e. The van der Waals surface area contributed by atoms with Gasteiger partial charge in [-0.1, -0.05) is 67.9 Å². The monoisotopic (exact) mass is 279 g/mol. The van der Waals surface area contributed by atoms with Crippen molar-refractivity contribution in [2.24, 2.45) is 11.7 Å². The average Bonchev–Trinajstić information content (AvgIpc) is 3.34. The lowest BCUT2D eigenvalue weighted by Gasteiger charge is -2.13. The van der Waals surface area contributed by atoms with Crippen molar-refractivity contribution < 1.29 is 0 Å². The van der Waals surface area contributed by atoms with Crippen molar-refractivity contribution in [3.63, 3.8) is 0 Å². The molecule has 0 aliphatic heterocycles. The van der Waals surface area contributed by atoms with Crippen molar-refractivity contribution in [3.8, 4) is 0 Å². The standard InChI is InChI=1S/C20H25N/c1-2-3-7-15-10-12-17(13-11-15)20(21)19-14-18(19)16-8-5-4-6-9-16/h4-6,8-13,18-20H,2-3,7,14,21H2,1H3. The molecule has 110 valence electrons. The van der Waals surface area contributed by atoms with E-state index in [1.165, 1.54) is 42.4 Å². The molecule has 3 unspecified atom stereocenters. The topological polar surface area (TPSA) is 26.0 Å². The third-order valence-electron chi connectivity index (χ3n) is 4.71. The summed E-state index contributed by atoms with van der Waals surface area (Å²) in [5.41, 5.74) is 10.6. The van der Waals surface area contributed by atoms with Gasteiger partial charge in [0.25, 0.3) is 0 Å². The fraction of sp³-hybridized carbons (Fsp3) is 0.400. The number of aryl methyl sites for hydroxylation is 1. The Morgan fingerprint density at radius 1 is 1.05 bits per heavy atom. The predicted molar refractivity (Wildman–Crippen MR) is 89.3 cm³/mol. The Bertz CT molecular complexity index is 558. The second-order valence-electron chi connectivity index (χ2n) is 6.29. The Labute approximate surface area is 128 Å². The second-order valence-corrected chi connectivity index (χ2v) is 6.29. The first-order chi connectivity index (χ1) is 10.3. The predicted octanol–water partition coefficient (Wildman–Crippen LogP) is 4.83. The molecule has 1 aliphatic carbocycles. The fourth-order valence-electron chi connectivity index (χ4n) is 3.23. The van der Waals surface area contributed by atoms with E-state index in [1.54, 1.807) is 0 Å². The summed E-state index contributed by atoms with van der Waals surface area (Å²) in [6.45, 7) is 2.24. The van der Waals surface area contributed by atoms with Gasteiger partial charge < -0.3 is 5.73 Å². The lowest BCUT2D eigenvalue weighted by Crippen LogP contribution is -2.13. The van der Waals surface area contributed by atoms with Crippen LogP contribution in [-0.4, -0.2) is 0 Å². The fourth-order valence-corrected chi connectivity index (χ4v) is 3.23. The molecule has 21 heavy (non-hydrogen) atoms. The quantitative estimate of drug-likeness (QED) is 0.805. The smallest absolute Gasteiger partial charge is 0.0329 e. The molecule has 1 aliphatic rings. The molecule has 1 heteroatoms. The van der Waals surface area contributed by atoms with Gasteiger partial charge in [-0.3, -0.25) is 0 Å². The van der Waals surface area contributed by atoms with Gasteiger partial charge in [-0.05, 0) is 47.8 Å². The summed E-state index contributed by atoms with van der Waals surface area (Å²) in [5.74, 6) is 1.26. The van der Waals surface area contributed by atoms with Crippen LogP contribution in [0.25, 0.3) is 0 Å². The lowest BCUT2D eigenvalue weighted by molar-refractivity contribution is 0.615. The molecule has 2 aromatic rings. The highest BCUT2D eigenvalue weighted by Gasteiger charge is 2.42. The van der Waals surface area contributed by atoms with Crippen molar-refractivity contribution in [3.05, 3.63) is 71.3 Å². The van der Waals surface area contributed by atoms with Crippen molar-refractivity contribution in [1.29, 1.82) is 0 Å². The molecular weight excluding hydrogens is 254 g/mol. The van der Waals surface area contributed by atoms with Gasteiger partial charge in [0.15, 0.2) is 0 Å². The molecule has 0 heterocycles. The van der Waals surface area contributed by atoms with Crippen LogP contribution in [0.5, 0.6) is 0 Å². The number of hydrogen-bond acceptors (Lipinski definition) is 1. The molecule has 0 spiro atoms. The molecule has 0 bridgehead atoms. The van der Waals surface area contributed by atoms with Crippen LogP contribution in [0, 0.1) is 5.92 Å². The van der Waals surface area contributed by atoms with Gasteiger partial charge in [-0.2, -0.15) is 0 Å². The first kappa shape index (κ1) is 14.3. The van der Waals surface area contributed by atoms with E-state index in [0.29, 0.717) is 11.8 Å². The zero-order chi connectivity index (χ0) is 14.7. The summed E-state index contributed by atoms with van der Waals surface area (Å²) >= 11 is 0. The van der Waals surface area contributed by atoms with Gasteiger partial charge in [-0.15, -0.1) is 0 Å². The van der Waals surface area contributed by atoms with Gasteiger partial charge in [0.05, 0.1) is 0 Å². The van der Waals surface area contributed by atoms with Crippen LogP contribution >= 0.6 is 0 Å². The van der Waals surface area contributed by atoms with E-state index in [2.05, 4.69) is 61.5 Å². The summed E-state index contributed by atoms with van der Waals surface area (Å²) in [6, 6.07) is 19.9. The highest BCUT2D eigenvalue weighted by Crippen LogP contribution is 2.53. The molecule has 0 amide bonds. The second kappa shape index (κ2) is 6.44. The molecular formula is C20H25N. The van der Waals surface area contributed by atoms with Crippen LogP contribution in [0.2, 0.25) is 0 Å². The lowest BCUT2D eigenvalue weighted by atomic mass is 9.97. The Morgan fingerprint density at radius 3 is 2.43 bits per heavy atom. The number of hydrogen-bond donors (Lipinski definition) is 1. The Kier molecular flexibility index (Phi) is 4.40. The Morgan fingerprint density at radius 2 is 1.76 bits per heavy atom. The summed E-state index contributed by atoms with van der Waals surface area (Å²) in [6.07, 6.45) is 4.93. The third kappa shape index (κ3) is 3.36. The van der Waals surface area contributed by atoms with E-state index in [9.17, 15) is 0 Å². The van der Waals surface area contributed by atoms with E-state index in [1.807, 2.05) is 0 Å². The first-order valence-electron chi connectivity index (χ1n) is 8.19. The van der Waals surface area contributed by atoms with Crippen LogP contribution in [0.1, 0.15) is 54.8 Å². The van der Waals surface area contributed by atoms with Crippen molar-refractivity contribution in [1.82, 2.24) is 0 Å². The molecule has 1 nitrogen and oxygen atoms in total. The maximum absolute atomic E-state index is 6.48. The van der Waals surface area contributed by atoms with Gasteiger partial charge in [-0.25, -0.2) is 0 Å². The summed E-state index contributed by atoms with van der Waals surface area (Å²) in [4.78, 5) is 0. The van der Waals surface area contributed by atoms with Crippen LogP contribution in [0.15, 0.2) is 54.6 Å². The largest absolute Gasteiger partial charge is 0.324 e. The maximum Gasteiger partial charge on any atom is 0.0329 e. The highest BCUT2D eigenvalue weighted by molar-refractivity contribution is 5.31. The van der Waals surface area contributed by atoms with Crippen LogP contribution < -0.4 is 5.73 Å². The molecule has 0 saturated heterocycles. The number of benzene rings is 2. The van der Waals surface area contributed by atoms with Crippen molar-refractivity contribution >= 4 is 0 Å². The maximum atomic E-state index is 6.48. The number of unbranched alkanes of at least 4 members (excludes halogenated alkanes) is 1. The Balaban J connectivity index is 1.63. The molecule has 1 fully saturated rings. The minimum absolute atomic E-state index is 0.176. The zero-order valence-corrected chi connectivity index (χ0v) is 12.8. The number of nitrogens with two attached hydrogens (primary N) is 1. The van der Waals surface area contributed by atoms with Crippen LogP contribution in [0.3, 0.4) is 0 Å². The van der Waals surface area contributed by atoms with Gasteiger partial charge in [0.2, 0.25) is 0 Å². The molecule has 1 saturated carbocycles. The SMILES string of the molecule is CCCCc1ccc(C(N)C2CC2c2ccccc2)cc1. The molecule has 2 N–H and O–H groups in total. The van der Waals surface area contributed by atoms with Gasteiger partial charge in [0, 0.05) is 6.04 Å². The van der Waals surface area contributed by atoms with Crippen LogP contribution in [0.4, 0.5) is 0 Å².